The number of nitrogens with one attached hydrogen (secondary N) is 2. The van der Waals surface area contributed by atoms with Crippen molar-refractivity contribution in [2.24, 2.45) is 0 Å². The van der Waals surface area contributed by atoms with Gasteiger partial charge < -0.3 is 10.1 Å². The fourth-order valence-corrected chi connectivity index (χ4v) is 3.77. The van der Waals surface area contributed by atoms with Crippen molar-refractivity contribution in [3.63, 3.8) is 0 Å². The minimum atomic E-state index is -3.57. The summed E-state index contributed by atoms with van der Waals surface area (Å²) in [6.45, 7) is 7.46. The molecule has 0 aliphatic heterocycles. The second kappa shape index (κ2) is 9.71. The zero-order valence-corrected chi connectivity index (χ0v) is 17.5. The Kier molecular flexibility index (Phi) is 7.60. The van der Waals surface area contributed by atoms with Crippen molar-refractivity contribution in [3.05, 3.63) is 54.1 Å². The molecule has 152 valence electrons. The van der Waals surface area contributed by atoms with Gasteiger partial charge in [0, 0.05) is 11.7 Å². The lowest BCUT2D eigenvalue weighted by Crippen LogP contribution is -2.32. The molecule has 7 heteroatoms. The summed E-state index contributed by atoms with van der Waals surface area (Å²) in [7, 11) is -3.57. The van der Waals surface area contributed by atoms with Gasteiger partial charge in [0.15, 0.2) is 6.10 Å². The van der Waals surface area contributed by atoms with Crippen LogP contribution in [0.1, 0.15) is 39.7 Å². The number of rotatable bonds is 9. The molecule has 0 saturated carbocycles. The summed E-state index contributed by atoms with van der Waals surface area (Å²) < 4.78 is 32.8. The predicted molar refractivity (Wildman–Crippen MR) is 111 cm³/mol. The highest BCUT2D eigenvalue weighted by Gasteiger charge is 2.18. The molecule has 0 saturated heterocycles. The van der Waals surface area contributed by atoms with Gasteiger partial charge in [-0.25, -0.2) is 13.1 Å². The van der Waals surface area contributed by atoms with Crippen molar-refractivity contribution in [1.82, 2.24) is 4.72 Å². The number of benzene rings is 2. The van der Waals surface area contributed by atoms with Crippen molar-refractivity contribution in [2.75, 3.05) is 5.32 Å². The van der Waals surface area contributed by atoms with E-state index in [-0.39, 0.29) is 16.8 Å². The summed E-state index contributed by atoms with van der Waals surface area (Å²) >= 11 is 0. The number of carbonyl (C=O) groups excluding carboxylic acids is 1. The maximum Gasteiger partial charge on any atom is 0.265 e. The van der Waals surface area contributed by atoms with E-state index in [4.69, 9.17) is 4.74 Å². The highest BCUT2D eigenvalue weighted by Crippen LogP contribution is 2.17. The average Bonchev–Trinajstić information content (AvgIpc) is 2.68. The van der Waals surface area contributed by atoms with Gasteiger partial charge in [0.05, 0.1) is 4.90 Å². The van der Waals surface area contributed by atoms with Crippen LogP contribution in [-0.2, 0) is 21.2 Å². The van der Waals surface area contributed by atoms with E-state index >= 15 is 0 Å². The molecule has 2 aromatic rings. The van der Waals surface area contributed by atoms with E-state index in [2.05, 4.69) is 17.0 Å². The SMILES string of the molecule is CCc1ccc(OC(C)C(=O)Nc2ccc(S(=O)(=O)NC(C)CC)cc2)cc1. The number of sulfonamides is 1. The summed E-state index contributed by atoms with van der Waals surface area (Å²) in [4.78, 5) is 12.5. The second-order valence-corrected chi connectivity index (χ2v) is 8.42. The number of hydrogen-bond donors (Lipinski definition) is 2. The van der Waals surface area contributed by atoms with Crippen molar-refractivity contribution in [3.8, 4) is 5.75 Å². The first kappa shape index (κ1) is 21.9. The molecule has 0 fully saturated rings. The fourth-order valence-electron chi connectivity index (χ4n) is 2.44. The van der Waals surface area contributed by atoms with E-state index in [1.165, 1.54) is 17.7 Å². The molecule has 0 radical (unpaired) electrons. The Morgan fingerprint density at radius 2 is 1.61 bits per heavy atom. The van der Waals surface area contributed by atoms with Gasteiger partial charge in [0.25, 0.3) is 5.91 Å². The largest absolute Gasteiger partial charge is 0.481 e. The van der Waals surface area contributed by atoms with Gasteiger partial charge >= 0.3 is 0 Å². The van der Waals surface area contributed by atoms with Crippen LogP contribution >= 0.6 is 0 Å². The summed E-state index contributed by atoms with van der Waals surface area (Å²) in [5.41, 5.74) is 1.70. The number of ether oxygens (including phenoxy) is 1. The average molecular weight is 405 g/mol. The van der Waals surface area contributed by atoms with Crippen LogP contribution in [0.4, 0.5) is 5.69 Å². The highest BCUT2D eigenvalue weighted by atomic mass is 32.2. The Labute approximate surface area is 167 Å². The lowest BCUT2D eigenvalue weighted by Gasteiger charge is -2.15. The van der Waals surface area contributed by atoms with Crippen LogP contribution in [0, 0.1) is 0 Å². The molecule has 0 bridgehead atoms. The number of anilines is 1. The van der Waals surface area contributed by atoms with Gasteiger partial charge in [-0.2, -0.15) is 0 Å². The second-order valence-electron chi connectivity index (χ2n) is 6.70. The lowest BCUT2D eigenvalue weighted by molar-refractivity contribution is -0.122. The molecular formula is C21H28N2O4S. The Balaban J connectivity index is 1.97. The molecule has 2 rings (SSSR count). The maximum atomic E-state index is 12.3. The zero-order valence-electron chi connectivity index (χ0n) is 16.7. The molecule has 6 nitrogen and oxygen atoms in total. The van der Waals surface area contributed by atoms with Gasteiger partial charge in [-0.15, -0.1) is 0 Å². The smallest absolute Gasteiger partial charge is 0.265 e. The van der Waals surface area contributed by atoms with Gasteiger partial charge in [0.2, 0.25) is 10.0 Å². The Morgan fingerprint density at radius 1 is 1.00 bits per heavy atom. The van der Waals surface area contributed by atoms with Gasteiger partial charge in [0.1, 0.15) is 5.75 Å². The Hall–Kier alpha value is -2.38. The Bertz CT molecular complexity index is 878. The highest BCUT2D eigenvalue weighted by molar-refractivity contribution is 7.89. The molecule has 0 aliphatic carbocycles. The third-order valence-corrected chi connectivity index (χ3v) is 6.02. The van der Waals surface area contributed by atoms with E-state index < -0.39 is 16.1 Å². The zero-order chi connectivity index (χ0) is 20.7. The number of hydrogen-bond acceptors (Lipinski definition) is 4. The molecular weight excluding hydrogens is 376 g/mol. The molecule has 2 unspecified atom stereocenters. The van der Waals surface area contributed by atoms with Crippen molar-refractivity contribution >= 4 is 21.6 Å². The van der Waals surface area contributed by atoms with Crippen LogP contribution in [-0.4, -0.2) is 26.5 Å². The van der Waals surface area contributed by atoms with Crippen LogP contribution in [0.15, 0.2) is 53.4 Å². The number of amides is 1. The third kappa shape index (κ3) is 6.07. The van der Waals surface area contributed by atoms with Crippen molar-refractivity contribution in [2.45, 2.75) is 57.6 Å². The Morgan fingerprint density at radius 3 is 2.14 bits per heavy atom. The van der Waals surface area contributed by atoms with Gasteiger partial charge in [-0.1, -0.05) is 26.0 Å². The summed E-state index contributed by atoms with van der Waals surface area (Å²) in [6.07, 6.45) is 0.949. The fraction of sp³-hybridized carbons (Fsp3) is 0.381. The van der Waals surface area contributed by atoms with E-state index in [1.807, 2.05) is 38.1 Å². The molecule has 2 atom stereocenters. The minimum Gasteiger partial charge on any atom is -0.481 e. The molecule has 2 aromatic carbocycles. The van der Waals surface area contributed by atoms with E-state index in [0.717, 1.165) is 6.42 Å². The monoisotopic (exact) mass is 404 g/mol. The lowest BCUT2D eigenvalue weighted by atomic mass is 10.2. The van der Waals surface area contributed by atoms with Crippen LogP contribution in [0.25, 0.3) is 0 Å². The molecule has 1 amide bonds. The molecule has 0 aromatic heterocycles. The third-order valence-electron chi connectivity index (χ3n) is 4.41. The quantitative estimate of drug-likeness (QED) is 0.667. The minimum absolute atomic E-state index is 0.145. The van der Waals surface area contributed by atoms with Crippen LogP contribution in [0.2, 0.25) is 0 Å². The first-order valence-electron chi connectivity index (χ1n) is 9.44. The van der Waals surface area contributed by atoms with Crippen LogP contribution in [0.3, 0.4) is 0 Å². The van der Waals surface area contributed by atoms with Crippen LogP contribution < -0.4 is 14.8 Å². The maximum absolute atomic E-state index is 12.3. The van der Waals surface area contributed by atoms with E-state index in [9.17, 15) is 13.2 Å². The van der Waals surface area contributed by atoms with Gasteiger partial charge in [-0.3, -0.25) is 4.79 Å². The topological polar surface area (TPSA) is 84.5 Å². The molecule has 2 N–H and O–H groups in total. The molecule has 0 heterocycles. The standard InChI is InChI=1S/C21H28N2O4S/c1-5-15(3)23-28(25,26)20-13-9-18(10-14-20)22-21(24)16(4)27-19-11-7-17(6-2)8-12-19/h7-16,23H,5-6H2,1-4H3,(H,22,24). The predicted octanol–water partition coefficient (Wildman–Crippen LogP) is 3.73. The summed E-state index contributed by atoms with van der Waals surface area (Å²) in [5.74, 6) is 0.310. The summed E-state index contributed by atoms with van der Waals surface area (Å²) in [6, 6.07) is 13.5. The van der Waals surface area contributed by atoms with Gasteiger partial charge in [-0.05, 0) is 68.7 Å². The van der Waals surface area contributed by atoms with Crippen LogP contribution in [0.5, 0.6) is 5.75 Å². The van der Waals surface area contributed by atoms with Crippen molar-refractivity contribution < 1.29 is 17.9 Å². The van der Waals surface area contributed by atoms with E-state index in [1.54, 1.807) is 19.1 Å². The van der Waals surface area contributed by atoms with E-state index in [0.29, 0.717) is 17.9 Å². The first-order valence-corrected chi connectivity index (χ1v) is 10.9. The molecule has 0 spiro atoms. The summed E-state index contributed by atoms with van der Waals surface area (Å²) in [5, 5.41) is 2.74. The molecule has 28 heavy (non-hydrogen) atoms. The number of aryl methyl sites for hydroxylation is 1. The van der Waals surface area contributed by atoms with Crippen molar-refractivity contribution in [1.29, 1.82) is 0 Å². The molecule has 0 aliphatic rings. The number of carbonyl (C=O) groups is 1. The normalized spacial score (nSPS) is 13.6. The first-order chi connectivity index (χ1) is 13.2.